The minimum absolute atomic E-state index is 0.307. The summed E-state index contributed by atoms with van der Waals surface area (Å²) >= 11 is 0. The highest BCUT2D eigenvalue weighted by Gasteiger charge is 2.45. The molecule has 0 aromatic rings. The van der Waals surface area contributed by atoms with Gasteiger partial charge in [0, 0.05) is 38.5 Å². The van der Waals surface area contributed by atoms with Crippen LogP contribution in [0.4, 0.5) is 13.2 Å². The van der Waals surface area contributed by atoms with Crippen LogP contribution in [0.3, 0.4) is 0 Å². The zero-order chi connectivity index (χ0) is 13.3. The fourth-order valence-corrected chi connectivity index (χ4v) is 1.82. The summed E-state index contributed by atoms with van der Waals surface area (Å²) in [6.07, 6.45) is -4.32. The van der Waals surface area contributed by atoms with Crippen molar-refractivity contribution >= 4 is 11.9 Å². The first kappa shape index (κ1) is 13.8. The predicted molar refractivity (Wildman–Crippen MR) is 51.2 cm³/mol. The number of alkyl halides is 3. The van der Waals surface area contributed by atoms with Crippen molar-refractivity contribution in [3.63, 3.8) is 0 Å². The van der Waals surface area contributed by atoms with Gasteiger partial charge in [-0.1, -0.05) is 0 Å². The van der Waals surface area contributed by atoms with Crippen molar-refractivity contribution in [2.75, 3.05) is 26.7 Å². The Bertz CT molecular complexity index is 326. The SMILES string of the molecule is CN1CC2(CNC2)CC1=O.O=C(O)C(F)(F)F. The van der Waals surface area contributed by atoms with Crippen LogP contribution in [0.5, 0.6) is 0 Å². The summed E-state index contributed by atoms with van der Waals surface area (Å²) in [7, 11) is 1.88. The van der Waals surface area contributed by atoms with Gasteiger partial charge in [-0.25, -0.2) is 4.79 Å². The Labute approximate surface area is 95.6 Å². The normalized spacial score (nSPS) is 21.9. The minimum Gasteiger partial charge on any atom is -0.475 e. The van der Waals surface area contributed by atoms with Crippen molar-refractivity contribution in [1.82, 2.24) is 10.2 Å². The van der Waals surface area contributed by atoms with Gasteiger partial charge in [-0.2, -0.15) is 13.2 Å². The smallest absolute Gasteiger partial charge is 0.475 e. The maximum Gasteiger partial charge on any atom is 0.490 e. The fourth-order valence-electron chi connectivity index (χ4n) is 1.82. The van der Waals surface area contributed by atoms with Crippen molar-refractivity contribution in [2.45, 2.75) is 12.6 Å². The van der Waals surface area contributed by atoms with Crippen molar-refractivity contribution in [1.29, 1.82) is 0 Å². The molecule has 98 valence electrons. The first-order valence-corrected chi connectivity index (χ1v) is 4.91. The van der Waals surface area contributed by atoms with Gasteiger partial charge in [0.25, 0.3) is 0 Å². The molecule has 0 aromatic heterocycles. The number of halogens is 3. The van der Waals surface area contributed by atoms with Crippen LogP contribution in [0.1, 0.15) is 6.42 Å². The Balaban J connectivity index is 0.000000185. The van der Waals surface area contributed by atoms with Crippen LogP contribution in [0.25, 0.3) is 0 Å². The first-order chi connectivity index (χ1) is 7.66. The van der Waals surface area contributed by atoms with Crippen LogP contribution >= 0.6 is 0 Å². The van der Waals surface area contributed by atoms with E-state index in [0.29, 0.717) is 11.3 Å². The predicted octanol–water partition coefficient (Wildman–Crippen LogP) is 0.0714. The maximum atomic E-state index is 11.1. The molecular formula is C9H13F3N2O3. The largest absolute Gasteiger partial charge is 0.490 e. The van der Waals surface area contributed by atoms with Gasteiger partial charge in [-0.15, -0.1) is 0 Å². The summed E-state index contributed by atoms with van der Waals surface area (Å²) in [6, 6.07) is 0. The van der Waals surface area contributed by atoms with E-state index in [4.69, 9.17) is 9.90 Å². The average molecular weight is 254 g/mol. The van der Waals surface area contributed by atoms with Crippen molar-refractivity contribution in [3.05, 3.63) is 0 Å². The number of carbonyl (C=O) groups excluding carboxylic acids is 1. The van der Waals surface area contributed by atoms with E-state index in [1.807, 2.05) is 11.9 Å². The van der Waals surface area contributed by atoms with Gasteiger partial charge < -0.3 is 15.3 Å². The van der Waals surface area contributed by atoms with Crippen LogP contribution in [0.15, 0.2) is 0 Å². The molecule has 2 saturated heterocycles. The number of hydrogen-bond donors (Lipinski definition) is 2. The van der Waals surface area contributed by atoms with E-state index in [0.717, 1.165) is 26.1 Å². The molecular weight excluding hydrogens is 241 g/mol. The van der Waals surface area contributed by atoms with E-state index in [2.05, 4.69) is 5.32 Å². The van der Waals surface area contributed by atoms with Crippen molar-refractivity contribution < 1.29 is 27.9 Å². The maximum absolute atomic E-state index is 11.1. The van der Waals surface area contributed by atoms with Gasteiger partial charge >= 0.3 is 12.1 Å². The molecule has 0 aromatic carbocycles. The summed E-state index contributed by atoms with van der Waals surface area (Å²) in [6.45, 7) is 3.02. The molecule has 2 rings (SSSR count). The summed E-state index contributed by atoms with van der Waals surface area (Å²) in [5.41, 5.74) is 0.325. The third kappa shape index (κ3) is 3.32. The van der Waals surface area contributed by atoms with Crippen molar-refractivity contribution in [2.24, 2.45) is 5.41 Å². The Morgan fingerprint density at radius 2 is 1.94 bits per heavy atom. The topological polar surface area (TPSA) is 69.6 Å². The number of aliphatic carboxylic acids is 1. The standard InChI is InChI=1S/C7H12N2O.C2HF3O2/c1-9-5-7(2-6(9)10)3-8-4-7;3-2(4,5)1(6)7/h8H,2-5H2,1H3;(H,6,7). The van der Waals surface area contributed by atoms with E-state index < -0.39 is 12.1 Å². The van der Waals surface area contributed by atoms with Gasteiger partial charge in [0.05, 0.1) is 0 Å². The minimum atomic E-state index is -5.08. The molecule has 2 N–H and O–H groups in total. The Kier molecular flexibility index (Phi) is 3.65. The number of amides is 1. The number of carboxylic acids is 1. The third-order valence-electron chi connectivity index (χ3n) is 2.77. The molecule has 0 atom stereocenters. The molecule has 1 amide bonds. The van der Waals surface area contributed by atoms with E-state index in [1.165, 1.54) is 0 Å². The second kappa shape index (κ2) is 4.52. The molecule has 0 radical (unpaired) electrons. The summed E-state index contributed by atoms with van der Waals surface area (Å²) in [4.78, 5) is 21.8. The van der Waals surface area contributed by atoms with E-state index in [1.54, 1.807) is 0 Å². The summed E-state index contributed by atoms with van der Waals surface area (Å²) in [5.74, 6) is -2.45. The second-order valence-electron chi connectivity index (χ2n) is 4.33. The van der Waals surface area contributed by atoms with E-state index in [-0.39, 0.29) is 0 Å². The lowest BCUT2D eigenvalue weighted by atomic mass is 9.81. The van der Waals surface area contributed by atoms with Crippen LogP contribution < -0.4 is 5.32 Å². The molecule has 0 aliphatic carbocycles. The zero-order valence-corrected chi connectivity index (χ0v) is 9.17. The summed E-state index contributed by atoms with van der Waals surface area (Å²) in [5, 5.41) is 10.3. The molecule has 5 nitrogen and oxygen atoms in total. The highest BCUT2D eigenvalue weighted by atomic mass is 19.4. The van der Waals surface area contributed by atoms with Gasteiger partial charge in [-0.05, 0) is 0 Å². The highest BCUT2D eigenvalue weighted by molar-refractivity contribution is 5.79. The Morgan fingerprint density at radius 3 is 2.06 bits per heavy atom. The van der Waals surface area contributed by atoms with Crippen molar-refractivity contribution in [3.8, 4) is 0 Å². The van der Waals surface area contributed by atoms with Crippen LogP contribution in [0.2, 0.25) is 0 Å². The second-order valence-corrected chi connectivity index (χ2v) is 4.33. The number of nitrogens with zero attached hydrogens (tertiary/aromatic N) is 1. The lowest BCUT2D eigenvalue weighted by Crippen LogP contribution is -2.54. The number of carboxylic acid groups (broad SMARTS) is 1. The van der Waals surface area contributed by atoms with Gasteiger partial charge in [0.15, 0.2) is 0 Å². The molecule has 0 unspecified atom stereocenters. The molecule has 8 heteroatoms. The summed E-state index contributed by atoms with van der Waals surface area (Å²) < 4.78 is 31.7. The monoisotopic (exact) mass is 254 g/mol. The molecule has 0 bridgehead atoms. The van der Waals surface area contributed by atoms with Crippen LogP contribution in [0, 0.1) is 5.41 Å². The lowest BCUT2D eigenvalue weighted by molar-refractivity contribution is -0.192. The third-order valence-corrected chi connectivity index (χ3v) is 2.77. The molecule has 1 spiro atoms. The highest BCUT2D eigenvalue weighted by Crippen LogP contribution is 2.33. The van der Waals surface area contributed by atoms with Gasteiger partial charge in [0.1, 0.15) is 0 Å². The molecule has 17 heavy (non-hydrogen) atoms. The van der Waals surface area contributed by atoms with Crippen LogP contribution in [-0.2, 0) is 9.59 Å². The molecule has 2 aliphatic heterocycles. The number of hydrogen-bond acceptors (Lipinski definition) is 3. The quantitative estimate of drug-likeness (QED) is 0.642. The fraction of sp³-hybridized carbons (Fsp3) is 0.778. The van der Waals surface area contributed by atoms with E-state index in [9.17, 15) is 18.0 Å². The number of likely N-dealkylation sites (tertiary alicyclic amines) is 1. The van der Waals surface area contributed by atoms with Gasteiger partial charge in [0.2, 0.25) is 5.91 Å². The average Bonchev–Trinajstić information content (AvgIpc) is 2.42. The Hall–Kier alpha value is -1.31. The lowest BCUT2D eigenvalue weighted by Gasteiger charge is -2.37. The van der Waals surface area contributed by atoms with Crippen LogP contribution in [-0.4, -0.2) is 54.7 Å². The molecule has 2 fully saturated rings. The zero-order valence-electron chi connectivity index (χ0n) is 9.17. The number of rotatable bonds is 0. The Morgan fingerprint density at radius 1 is 1.47 bits per heavy atom. The van der Waals surface area contributed by atoms with Gasteiger partial charge in [-0.3, -0.25) is 4.79 Å². The first-order valence-electron chi connectivity index (χ1n) is 4.91. The molecule has 2 heterocycles. The number of carbonyl (C=O) groups is 2. The molecule has 2 aliphatic rings. The molecule has 0 saturated carbocycles. The number of nitrogens with one attached hydrogen (secondary N) is 1. The van der Waals surface area contributed by atoms with E-state index >= 15 is 0 Å².